The van der Waals surface area contributed by atoms with E-state index in [2.05, 4.69) is 65.7 Å². The Morgan fingerprint density at radius 3 is 2.20 bits per heavy atom. The first-order valence-electron chi connectivity index (χ1n) is 6.74. The Morgan fingerprint density at radius 2 is 1.35 bits per heavy atom. The number of fused-ring (bicyclic) bond motifs is 3. The van der Waals surface area contributed by atoms with Crippen molar-refractivity contribution >= 4 is 11.6 Å². The van der Waals surface area contributed by atoms with Gasteiger partial charge in [-0.25, -0.2) is 0 Å². The predicted octanol–water partition coefficient (Wildman–Crippen LogP) is 4.65. The fourth-order valence-electron chi connectivity index (χ4n) is 2.81. The van der Waals surface area contributed by atoms with E-state index in [0.29, 0.717) is 0 Å². The smallest absolute Gasteiger partial charge is 0.0352 e. The van der Waals surface area contributed by atoms with Crippen LogP contribution in [-0.4, -0.2) is 4.98 Å². The van der Waals surface area contributed by atoms with Crippen LogP contribution in [0.5, 0.6) is 0 Å². The Kier molecular flexibility index (Phi) is 2.49. The van der Waals surface area contributed by atoms with Gasteiger partial charge in [0.15, 0.2) is 0 Å². The summed E-state index contributed by atoms with van der Waals surface area (Å²) in [5.74, 6) is 0. The second kappa shape index (κ2) is 4.46. The van der Waals surface area contributed by atoms with Gasteiger partial charge >= 0.3 is 0 Å². The van der Waals surface area contributed by atoms with Crippen molar-refractivity contribution in [1.82, 2.24) is 4.98 Å². The largest absolute Gasteiger partial charge is 0.264 e. The summed E-state index contributed by atoms with van der Waals surface area (Å²) in [5.41, 5.74) is 7.56. The van der Waals surface area contributed by atoms with Crippen LogP contribution in [0.3, 0.4) is 0 Å². The predicted molar refractivity (Wildman–Crippen MR) is 83.1 cm³/mol. The van der Waals surface area contributed by atoms with Crippen molar-refractivity contribution in [3.8, 4) is 11.1 Å². The van der Waals surface area contributed by atoms with Gasteiger partial charge in [0.1, 0.15) is 0 Å². The van der Waals surface area contributed by atoms with Crippen LogP contribution >= 0.6 is 0 Å². The maximum atomic E-state index is 4.29. The molecule has 0 unspecified atom stereocenters. The number of hydrogen-bond donors (Lipinski definition) is 0. The van der Waals surface area contributed by atoms with E-state index in [1.165, 1.54) is 33.4 Å². The Hall–Kier alpha value is -2.67. The summed E-state index contributed by atoms with van der Waals surface area (Å²) in [6.45, 7) is 0. The van der Waals surface area contributed by atoms with E-state index in [4.69, 9.17) is 0 Å². The van der Waals surface area contributed by atoms with E-state index in [0.717, 1.165) is 0 Å². The lowest BCUT2D eigenvalue weighted by molar-refractivity contribution is 1.32. The number of pyridine rings is 1. The van der Waals surface area contributed by atoms with E-state index in [9.17, 15) is 0 Å². The van der Waals surface area contributed by atoms with E-state index in [-0.39, 0.29) is 0 Å². The van der Waals surface area contributed by atoms with E-state index < -0.39 is 0 Å². The zero-order valence-corrected chi connectivity index (χ0v) is 11.0. The molecule has 1 heteroatoms. The summed E-state index contributed by atoms with van der Waals surface area (Å²) in [7, 11) is 0. The third kappa shape index (κ3) is 1.68. The summed E-state index contributed by atoms with van der Waals surface area (Å²) >= 11 is 0. The number of nitrogens with zero attached hydrogens (tertiary/aromatic N) is 1. The van der Waals surface area contributed by atoms with E-state index in [1.807, 2.05) is 18.5 Å². The molecule has 0 saturated carbocycles. The minimum atomic E-state index is 1.22. The van der Waals surface area contributed by atoms with E-state index in [1.54, 1.807) is 0 Å². The highest BCUT2D eigenvalue weighted by Crippen LogP contribution is 2.44. The molecule has 0 spiro atoms. The summed E-state index contributed by atoms with van der Waals surface area (Å²) in [6, 6.07) is 21.1. The number of rotatable bonds is 1. The van der Waals surface area contributed by atoms with E-state index >= 15 is 0 Å². The van der Waals surface area contributed by atoms with Crippen LogP contribution in [0.25, 0.3) is 22.8 Å². The topological polar surface area (TPSA) is 12.9 Å². The summed E-state index contributed by atoms with van der Waals surface area (Å²) < 4.78 is 0. The molecule has 1 aliphatic rings. The van der Waals surface area contributed by atoms with Gasteiger partial charge in [-0.1, -0.05) is 54.6 Å². The summed E-state index contributed by atoms with van der Waals surface area (Å²) in [5, 5.41) is 0. The van der Waals surface area contributed by atoms with Crippen LogP contribution in [0.4, 0.5) is 0 Å². The van der Waals surface area contributed by atoms with Crippen LogP contribution < -0.4 is 0 Å². The van der Waals surface area contributed by atoms with Gasteiger partial charge in [0.25, 0.3) is 0 Å². The Bertz CT molecular complexity index is 753. The molecule has 1 aliphatic carbocycles. The molecule has 0 bridgehead atoms. The fraction of sp³-hybridized carbons (Fsp3) is 0. The highest BCUT2D eigenvalue weighted by atomic mass is 14.6. The van der Waals surface area contributed by atoms with Gasteiger partial charge in [0, 0.05) is 18.0 Å². The van der Waals surface area contributed by atoms with Crippen molar-refractivity contribution in [2.75, 3.05) is 0 Å². The van der Waals surface area contributed by atoms with Gasteiger partial charge in [0.2, 0.25) is 0 Å². The molecule has 1 nitrogen and oxygen atoms in total. The van der Waals surface area contributed by atoms with Crippen molar-refractivity contribution < 1.29 is 0 Å². The van der Waals surface area contributed by atoms with Crippen LogP contribution in [0, 0.1) is 0 Å². The minimum Gasteiger partial charge on any atom is -0.264 e. The van der Waals surface area contributed by atoms with Gasteiger partial charge in [-0.15, -0.1) is 0 Å². The number of benzene rings is 2. The Balaban J connectivity index is 1.99. The standard InChI is InChI=1S/C19H13N/c1-2-6-14(7-3-1)12-18-16-9-5-4-8-15(16)17-10-11-20-13-19(17)18/h1-13H. The van der Waals surface area contributed by atoms with Crippen LogP contribution in [0.1, 0.15) is 16.7 Å². The van der Waals surface area contributed by atoms with Crippen molar-refractivity contribution in [3.05, 3.63) is 89.7 Å². The molecule has 4 rings (SSSR count). The van der Waals surface area contributed by atoms with Gasteiger partial charge in [-0.2, -0.15) is 0 Å². The van der Waals surface area contributed by atoms with Crippen LogP contribution in [0.15, 0.2) is 73.1 Å². The Morgan fingerprint density at radius 1 is 0.650 bits per heavy atom. The molecule has 0 aliphatic heterocycles. The van der Waals surface area contributed by atoms with Crippen molar-refractivity contribution in [3.63, 3.8) is 0 Å². The fourth-order valence-corrected chi connectivity index (χ4v) is 2.81. The third-order valence-corrected chi connectivity index (χ3v) is 3.73. The number of hydrogen-bond acceptors (Lipinski definition) is 1. The minimum absolute atomic E-state index is 1.22. The first-order valence-corrected chi connectivity index (χ1v) is 6.74. The Labute approximate surface area is 118 Å². The van der Waals surface area contributed by atoms with Gasteiger partial charge in [0.05, 0.1) is 0 Å². The highest BCUT2D eigenvalue weighted by molar-refractivity contribution is 6.06. The number of aromatic nitrogens is 1. The van der Waals surface area contributed by atoms with Gasteiger partial charge in [-0.05, 0) is 40.0 Å². The lowest BCUT2D eigenvalue weighted by Crippen LogP contribution is -1.82. The highest BCUT2D eigenvalue weighted by Gasteiger charge is 2.22. The summed E-state index contributed by atoms with van der Waals surface area (Å²) in [6.07, 6.45) is 6.07. The first-order chi connectivity index (χ1) is 9.93. The molecule has 0 saturated heterocycles. The zero-order chi connectivity index (χ0) is 13.4. The molecule has 2 aromatic carbocycles. The molecule has 20 heavy (non-hydrogen) atoms. The maximum absolute atomic E-state index is 4.29. The lowest BCUT2D eigenvalue weighted by atomic mass is 10.0. The molecule has 1 aromatic heterocycles. The van der Waals surface area contributed by atoms with Crippen molar-refractivity contribution in [2.24, 2.45) is 0 Å². The van der Waals surface area contributed by atoms with Crippen molar-refractivity contribution in [2.45, 2.75) is 0 Å². The van der Waals surface area contributed by atoms with Gasteiger partial charge in [-0.3, -0.25) is 4.98 Å². The first kappa shape index (κ1) is 11.2. The lowest BCUT2D eigenvalue weighted by Gasteiger charge is -2.02. The molecular weight excluding hydrogens is 242 g/mol. The normalized spacial score (nSPS) is 14.1. The molecule has 0 radical (unpaired) electrons. The third-order valence-electron chi connectivity index (χ3n) is 3.73. The molecule has 0 N–H and O–H groups in total. The zero-order valence-electron chi connectivity index (χ0n) is 11.0. The molecule has 0 atom stereocenters. The second-order valence-electron chi connectivity index (χ2n) is 4.94. The van der Waals surface area contributed by atoms with Crippen LogP contribution in [-0.2, 0) is 0 Å². The second-order valence-corrected chi connectivity index (χ2v) is 4.94. The molecule has 0 amide bonds. The SMILES string of the molecule is C(=C1c2ccccc2-c2ccncc21)c1ccccc1. The molecule has 0 fully saturated rings. The maximum Gasteiger partial charge on any atom is 0.0352 e. The van der Waals surface area contributed by atoms with Gasteiger partial charge < -0.3 is 0 Å². The summed E-state index contributed by atoms with van der Waals surface area (Å²) in [4.78, 5) is 4.29. The monoisotopic (exact) mass is 255 g/mol. The van der Waals surface area contributed by atoms with Crippen molar-refractivity contribution in [1.29, 1.82) is 0 Å². The average Bonchev–Trinajstić information content (AvgIpc) is 2.84. The molecule has 3 aromatic rings. The molecular formula is C19H13N. The average molecular weight is 255 g/mol. The molecule has 94 valence electrons. The molecule has 1 heterocycles. The van der Waals surface area contributed by atoms with Crippen LogP contribution in [0.2, 0.25) is 0 Å². The quantitative estimate of drug-likeness (QED) is 0.482.